The second-order valence-electron chi connectivity index (χ2n) is 6.67. The third-order valence-corrected chi connectivity index (χ3v) is 4.49. The molecule has 0 N–H and O–H groups in total. The van der Waals surface area contributed by atoms with Crippen LogP contribution < -0.4 is 10.3 Å². The van der Waals surface area contributed by atoms with Crippen LogP contribution in [-0.2, 0) is 6.54 Å². The fourth-order valence-corrected chi connectivity index (χ4v) is 3.29. The monoisotopic (exact) mass is 360 g/mol. The molecule has 136 valence electrons. The summed E-state index contributed by atoms with van der Waals surface area (Å²) >= 11 is 0. The van der Waals surface area contributed by atoms with E-state index in [9.17, 15) is 4.79 Å². The van der Waals surface area contributed by atoms with Gasteiger partial charge in [-0.1, -0.05) is 18.2 Å². The Morgan fingerprint density at radius 3 is 2.59 bits per heavy atom. The van der Waals surface area contributed by atoms with Crippen LogP contribution in [0.2, 0.25) is 0 Å². The van der Waals surface area contributed by atoms with Crippen LogP contribution in [0, 0.1) is 13.8 Å². The van der Waals surface area contributed by atoms with Crippen LogP contribution in [0.25, 0.3) is 16.7 Å². The largest absolute Gasteiger partial charge is 0.497 e. The van der Waals surface area contributed by atoms with E-state index in [0.29, 0.717) is 17.6 Å². The van der Waals surface area contributed by atoms with Crippen molar-refractivity contribution in [2.24, 2.45) is 0 Å². The maximum absolute atomic E-state index is 12.9. The molecule has 0 aliphatic carbocycles. The molecule has 0 bridgehead atoms. The Bertz CT molecular complexity index is 1170. The van der Waals surface area contributed by atoms with Gasteiger partial charge in [0, 0.05) is 0 Å². The molecule has 0 aliphatic heterocycles. The molecule has 0 saturated heterocycles. The van der Waals surface area contributed by atoms with Crippen LogP contribution >= 0.6 is 0 Å². The SMILES string of the molecule is COc1cccc(Cn2cnc3c(cnn3-c3cc(C)cc(C)c3)c2=O)c1. The zero-order valence-corrected chi connectivity index (χ0v) is 15.5. The van der Waals surface area contributed by atoms with E-state index in [1.165, 1.54) is 0 Å². The summed E-state index contributed by atoms with van der Waals surface area (Å²) < 4.78 is 8.55. The molecule has 0 atom stereocenters. The van der Waals surface area contributed by atoms with Crippen LogP contribution in [0.3, 0.4) is 0 Å². The van der Waals surface area contributed by atoms with E-state index < -0.39 is 0 Å². The highest BCUT2D eigenvalue weighted by atomic mass is 16.5. The molecule has 0 unspecified atom stereocenters. The molecule has 0 saturated carbocycles. The summed E-state index contributed by atoms with van der Waals surface area (Å²) in [7, 11) is 1.63. The number of aromatic nitrogens is 4. The molecule has 0 aliphatic rings. The van der Waals surface area contributed by atoms with Gasteiger partial charge < -0.3 is 4.74 Å². The quantitative estimate of drug-likeness (QED) is 0.560. The minimum Gasteiger partial charge on any atom is -0.497 e. The van der Waals surface area contributed by atoms with Gasteiger partial charge >= 0.3 is 0 Å². The normalized spacial score (nSPS) is 11.1. The van der Waals surface area contributed by atoms with Crippen molar-refractivity contribution < 1.29 is 4.74 Å². The number of nitrogens with zero attached hydrogens (tertiary/aromatic N) is 4. The van der Waals surface area contributed by atoms with Gasteiger partial charge in [-0.25, -0.2) is 9.67 Å². The molecule has 0 radical (unpaired) electrons. The van der Waals surface area contributed by atoms with Gasteiger partial charge in [-0.05, 0) is 54.8 Å². The first-order valence-electron chi connectivity index (χ1n) is 8.70. The molecule has 0 fully saturated rings. The predicted molar refractivity (Wildman–Crippen MR) is 105 cm³/mol. The standard InChI is InChI=1S/C21H20N4O2/c1-14-7-15(2)9-17(8-14)25-20-19(11-23-25)21(26)24(13-22-20)12-16-5-4-6-18(10-16)27-3/h4-11,13H,12H2,1-3H3. The first-order chi connectivity index (χ1) is 13.0. The van der Waals surface area contributed by atoms with Gasteiger partial charge in [0.25, 0.3) is 5.56 Å². The maximum Gasteiger partial charge on any atom is 0.264 e. The van der Waals surface area contributed by atoms with E-state index in [4.69, 9.17) is 4.74 Å². The first-order valence-corrected chi connectivity index (χ1v) is 8.70. The third-order valence-electron chi connectivity index (χ3n) is 4.49. The number of hydrogen-bond donors (Lipinski definition) is 0. The number of rotatable bonds is 4. The van der Waals surface area contributed by atoms with Crippen molar-refractivity contribution in [3.63, 3.8) is 0 Å². The third kappa shape index (κ3) is 3.21. The molecular formula is C21H20N4O2. The molecule has 2 heterocycles. The van der Waals surface area contributed by atoms with Gasteiger partial charge in [-0.2, -0.15) is 5.10 Å². The van der Waals surface area contributed by atoms with Crippen molar-refractivity contribution in [3.05, 3.63) is 82.0 Å². The highest BCUT2D eigenvalue weighted by molar-refractivity contribution is 5.75. The lowest BCUT2D eigenvalue weighted by Gasteiger charge is -2.08. The van der Waals surface area contributed by atoms with E-state index in [2.05, 4.69) is 16.1 Å². The van der Waals surface area contributed by atoms with Gasteiger partial charge in [0.2, 0.25) is 0 Å². The van der Waals surface area contributed by atoms with E-state index in [-0.39, 0.29) is 5.56 Å². The summed E-state index contributed by atoms with van der Waals surface area (Å²) in [6, 6.07) is 13.8. The summed E-state index contributed by atoms with van der Waals surface area (Å²) in [4.78, 5) is 17.4. The molecule has 6 heteroatoms. The minimum absolute atomic E-state index is 0.113. The van der Waals surface area contributed by atoms with Crippen LogP contribution in [0.4, 0.5) is 0 Å². The van der Waals surface area contributed by atoms with E-state index in [1.54, 1.807) is 28.9 Å². The number of aryl methyl sites for hydroxylation is 2. The molecule has 4 rings (SSSR count). The second-order valence-corrected chi connectivity index (χ2v) is 6.67. The number of benzene rings is 2. The lowest BCUT2D eigenvalue weighted by molar-refractivity contribution is 0.414. The van der Waals surface area contributed by atoms with Crippen molar-refractivity contribution in [1.82, 2.24) is 19.3 Å². The minimum atomic E-state index is -0.113. The van der Waals surface area contributed by atoms with E-state index in [1.807, 2.05) is 50.2 Å². The lowest BCUT2D eigenvalue weighted by atomic mass is 10.1. The topological polar surface area (TPSA) is 61.9 Å². The molecule has 6 nitrogen and oxygen atoms in total. The average molecular weight is 360 g/mol. The van der Waals surface area contributed by atoms with Crippen molar-refractivity contribution >= 4 is 11.0 Å². The van der Waals surface area contributed by atoms with Crippen LogP contribution in [-0.4, -0.2) is 26.4 Å². The predicted octanol–water partition coefficient (Wildman–Crippen LogP) is 3.26. The molecule has 0 amide bonds. The number of ether oxygens (including phenoxy) is 1. The van der Waals surface area contributed by atoms with Gasteiger partial charge in [-0.15, -0.1) is 0 Å². The van der Waals surface area contributed by atoms with E-state index >= 15 is 0 Å². The molecule has 2 aromatic carbocycles. The first kappa shape index (κ1) is 17.0. The lowest BCUT2D eigenvalue weighted by Crippen LogP contribution is -2.21. The number of fused-ring (bicyclic) bond motifs is 1. The van der Waals surface area contributed by atoms with Gasteiger partial charge in [-0.3, -0.25) is 9.36 Å². The zero-order valence-electron chi connectivity index (χ0n) is 15.5. The summed E-state index contributed by atoms with van der Waals surface area (Å²) in [5, 5.41) is 4.90. The Morgan fingerprint density at radius 2 is 1.85 bits per heavy atom. The number of methoxy groups -OCH3 is 1. The Kier molecular flexibility index (Phi) is 4.24. The highest BCUT2D eigenvalue weighted by Crippen LogP contribution is 2.18. The van der Waals surface area contributed by atoms with Gasteiger partial charge in [0.05, 0.1) is 25.5 Å². The summed E-state index contributed by atoms with van der Waals surface area (Å²) in [6.07, 6.45) is 3.16. The average Bonchev–Trinajstić information content (AvgIpc) is 3.08. The van der Waals surface area contributed by atoms with Crippen molar-refractivity contribution in [2.45, 2.75) is 20.4 Å². The Hall–Kier alpha value is -3.41. The fourth-order valence-electron chi connectivity index (χ4n) is 3.29. The van der Waals surface area contributed by atoms with Crippen molar-refractivity contribution in [1.29, 1.82) is 0 Å². The smallest absolute Gasteiger partial charge is 0.264 e. The van der Waals surface area contributed by atoms with Crippen LogP contribution in [0.5, 0.6) is 5.75 Å². The molecule has 2 aromatic heterocycles. The fraction of sp³-hybridized carbons (Fsp3) is 0.190. The van der Waals surface area contributed by atoms with Gasteiger partial charge in [0.15, 0.2) is 5.65 Å². The summed E-state index contributed by atoms with van der Waals surface area (Å²) in [6.45, 7) is 4.50. The summed E-state index contributed by atoms with van der Waals surface area (Å²) in [5.74, 6) is 0.761. The Labute approximate surface area is 156 Å². The molecule has 0 spiro atoms. The van der Waals surface area contributed by atoms with E-state index in [0.717, 1.165) is 28.1 Å². The summed E-state index contributed by atoms with van der Waals surface area (Å²) in [5.41, 5.74) is 4.60. The zero-order chi connectivity index (χ0) is 19.0. The second kappa shape index (κ2) is 6.72. The molecule has 4 aromatic rings. The Balaban J connectivity index is 1.76. The molecule has 27 heavy (non-hydrogen) atoms. The van der Waals surface area contributed by atoms with Crippen molar-refractivity contribution in [2.75, 3.05) is 7.11 Å². The van der Waals surface area contributed by atoms with Crippen LogP contribution in [0.15, 0.2) is 59.8 Å². The molecular weight excluding hydrogens is 340 g/mol. The number of hydrogen-bond acceptors (Lipinski definition) is 4. The van der Waals surface area contributed by atoms with Crippen LogP contribution in [0.1, 0.15) is 16.7 Å². The van der Waals surface area contributed by atoms with Crippen molar-refractivity contribution in [3.8, 4) is 11.4 Å². The maximum atomic E-state index is 12.9. The highest BCUT2D eigenvalue weighted by Gasteiger charge is 2.12. The van der Waals surface area contributed by atoms with Gasteiger partial charge in [0.1, 0.15) is 17.5 Å². The Morgan fingerprint density at radius 1 is 1.07 bits per heavy atom.